The summed E-state index contributed by atoms with van der Waals surface area (Å²) in [7, 11) is -5.17. The first-order chi connectivity index (χ1) is 7.57. The van der Waals surface area contributed by atoms with Crippen LogP contribution in [0.2, 0.25) is 0 Å². The van der Waals surface area contributed by atoms with Gasteiger partial charge in [0.1, 0.15) is 6.10 Å². The third-order valence-corrected chi connectivity index (χ3v) is 1.48. The van der Waals surface area contributed by atoms with Crippen molar-refractivity contribution in [2.75, 3.05) is 6.61 Å². The number of aliphatic hydroxyl groups is 4. The summed E-state index contributed by atoms with van der Waals surface area (Å²) >= 11 is 0. The first kappa shape index (κ1) is 49.6. The SMILES string of the molecule is O.O.O.O.O.O=C1O[C@H]([C@@H](O)CO)C(O)=C1O.O=S(=O)([O-])[O-].[Cu+].[Na+]. The minimum absolute atomic E-state index is 0. The van der Waals surface area contributed by atoms with E-state index in [2.05, 4.69) is 4.74 Å². The molecule has 1 rings (SSSR count). The number of hydrogen-bond donors (Lipinski definition) is 4. The molecule has 0 aromatic rings. The summed E-state index contributed by atoms with van der Waals surface area (Å²) in [4.78, 5) is 10.5. The normalized spacial score (nSPS) is 15.3. The second-order valence-corrected chi connectivity index (χ2v) is 3.53. The second-order valence-electron chi connectivity index (χ2n) is 2.72. The van der Waals surface area contributed by atoms with Crippen LogP contribution >= 0.6 is 0 Å². The molecule has 0 unspecified atom stereocenters. The van der Waals surface area contributed by atoms with Gasteiger partial charge in [-0.2, -0.15) is 0 Å². The van der Waals surface area contributed by atoms with Gasteiger partial charge in [0.15, 0.2) is 11.9 Å². The molecule has 0 saturated heterocycles. The largest absolute Gasteiger partial charge is 1.00 e. The third-order valence-electron chi connectivity index (χ3n) is 1.48. The van der Waals surface area contributed by atoms with Gasteiger partial charge in [-0.1, -0.05) is 0 Å². The molecule has 18 heteroatoms. The average molecular weight is 449 g/mol. The first-order valence-corrected chi connectivity index (χ1v) is 5.20. The molecule has 0 saturated carbocycles. The Hall–Kier alpha value is -0.0805. The summed E-state index contributed by atoms with van der Waals surface area (Å²) < 4.78 is 38.4. The Kier molecular flexibility index (Phi) is 43.3. The van der Waals surface area contributed by atoms with Crippen molar-refractivity contribution < 1.29 is 121 Å². The van der Waals surface area contributed by atoms with Gasteiger partial charge in [0.05, 0.1) is 6.61 Å². The van der Waals surface area contributed by atoms with Crippen molar-refractivity contribution in [2.45, 2.75) is 12.2 Å². The average Bonchev–Trinajstić information content (AvgIpc) is 2.42. The molecule has 0 bridgehead atoms. The van der Waals surface area contributed by atoms with E-state index in [4.69, 9.17) is 37.9 Å². The van der Waals surface area contributed by atoms with Crippen LogP contribution < -0.4 is 29.6 Å². The molecule has 1 aliphatic rings. The third kappa shape index (κ3) is 20.0. The van der Waals surface area contributed by atoms with Gasteiger partial charge in [0, 0.05) is 10.4 Å². The standard InChI is InChI=1S/C6H8O6.Cu.Na.H2O4S.5H2O/c7-1-2(8)5-3(9)4(10)6(11)12-5;;;1-5(2,3)4;;;;;/h2,5,7-10H,1H2;;;(H2,1,2,3,4);5*1H2/q;2*+1;;;;;;/p-2/t2-,5+;;;;;;;;/m0......../s1. The molecule has 14 N–H and O–H groups in total. The van der Waals surface area contributed by atoms with Gasteiger partial charge in [-0.05, 0) is 0 Å². The topological polar surface area (TPSA) is 345 Å². The van der Waals surface area contributed by atoms with E-state index in [9.17, 15) is 4.79 Å². The van der Waals surface area contributed by atoms with Crippen LogP contribution in [0, 0.1) is 0 Å². The second kappa shape index (κ2) is 21.0. The maximum absolute atomic E-state index is 10.5. The molecule has 0 aromatic carbocycles. The molecule has 0 radical (unpaired) electrons. The number of carbonyl (C=O) groups is 1. The first-order valence-electron chi connectivity index (χ1n) is 3.86. The Balaban J connectivity index is -0.0000000323. The minimum atomic E-state index is -5.17. The van der Waals surface area contributed by atoms with Gasteiger partial charge in [-0.15, -0.1) is 0 Å². The summed E-state index contributed by atoms with van der Waals surface area (Å²) in [6, 6.07) is 0. The van der Waals surface area contributed by atoms with Crippen molar-refractivity contribution in [3.8, 4) is 0 Å². The van der Waals surface area contributed by atoms with Crippen LogP contribution in [0.1, 0.15) is 0 Å². The Morgan fingerprint density at radius 3 is 1.54 bits per heavy atom. The Bertz CT molecular complexity index is 416. The molecule has 0 aliphatic carbocycles. The summed E-state index contributed by atoms with van der Waals surface area (Å²) in [5.74, 6) is -2.78. The van der Waals surface area contributed by atoms with Crippen molar-refractivity contribution in [3.05, 3.63) is 11.5 Å². The molecular formula is C6H18CuNaO15S. The molecular weight excluding hydrogens is 431 g/mol. The number of cyclic esters (lactones) is 1. The fourth-order valence-corrected chi connectivity index (χ4v) is 0.823. The predicted molar refractivity (Wildman–Crippen MR) is 63.8 cm³/mol. The van der Waals surface area contributed by atoms with Crippen molar-refractivity contribution >= 4 is 16.4 Å². The van der Waals surface area contributed by atoms with Crippen molar-refractivity contribution in [1.82, 2.24) is 0 Å². The van der Waals surface area contributed by atoms with Crippen LogP contribution in [-0.2, 0) is 37.0 Å². The molecule has 0 fully saturated rings. The van der Waals surface area contributed by atoms with Gasteiger partial charge in [-0.3, -0.25) is 8.42 Å². The zero-order chi connectivity index (χ0) is 13.8. The van der Waals surface area contributed by atoms with Crippen LogP contribution in [0.15, 0.2) is 11.5 Å². The summed E-state index contributed by atoms with van der Waals surface area (Å²) in [5.41, 5.74) is 0. The molecule has 1 aliphatic heterocycles. The predicted octanol–water partition coefficient (Wildman–Crippen LogP) is -9.87. The summed E-state index contributed by atoms with van der Waals surface area (Å²) in [6.07, 6.45) is -2.78. The Morgan fingerprint density at radius 2 is 1.38 bits per heavy atom. The zero-order valence-electron chi connectivity index (χ0n) is 11.8. The monoisotopic (exact) mass is 448 g/mol. The maximum Gasteiger partial charge on any atom is 1.00 e. The summed E-state index contributed by atoms with van der Waals surface area (Å²) in [5, 5.41) is 35.0. The van der Waals surface area contributed by atoms with E-state index in [0.717, 1.165) is 0 Å². The Morgan fingerprint density at radius 1 is 1.08 bits per heavy atom. The smallest absolute Gasteiger partial charge is 0.759 e. The van der Waals surface area contributed by atoms with E-state index >= 15 is 0 Å². The van der Waals surface area contributed by atoms with Gasteiger partial charge in [0.25, 0.3) is 0 Å². The molecule has 0 amide bonds. The van der Waals surface area contributed by atoms with Crippen molar-refractivity contribution in [2.24, 2.45) is 0 Å². The zero-order valence-corrected chi connectivity index (χ0v) is 15.6. The number of carbonyl (C=O) groups excluding carboxylic acids is 1. The number of rotatable bonds is 2. The maximum atomic E-state index is 10.5. The van der Waals surface area contributed by atoms with E-state index < -0.39 is 46.7 Å². The van der Waals surface area contributed by atoms with E-state index in [-0.39, 0.29) is 74.0 Å². The van der Waals surface area contributed by atoms with E-state index in [0.29, 0.717) is 0 Å². The molecule has 15 nitrogen and oxygen atoms in total. The molecule has 1 heterocycles. The number of esters is 1. The van der Waals surface area contributed by atoms with E-state index in [1.165, 1.54) is 0 Å². The Labute approximate surface area is 167 Å². The van der Waals surface area contributed by atoms with Crippen LogP contribution in [0.5, 0.6) is 0 Å². The van der Waals surface area contributed by atoms with Crippen LogP contribution in [0.4, 0.5) is 0 Å². The molecule has 150 valence electrons. The van der Waals surface area contributed by atoms with Crippen molar-refractivity contribution in [1.29, 1.82) is 0 Å². The fraction of sp³-hybridized carbons (Fsp3) is 0.500. The van der Waals surface area contributed by atoms with Crippen molar-refractivity contribution in [3.63, 3.8) is 0 Å². The minimum Gasteiger partial charge on any atom is -0.759 e. The molecule has 0 spiro atoms. The van der Waals surface area contributed by atoms with Gasteiger partial charge < -0.3 is 61.6 Å². The van der Waals surface area contributed by atoms with Gasteiger partial charge in [-0.25, -0.2) is 4.79 Å². The van der Waals surface area contributed by atoms with E-state index in [1.807, 2.05) is 0 Å². The van der Waals surface area contributed by atoms with Crippen LogP contribution in [0.3, 0.4) is 0 Å². The molecule has 24 heavy (non-hydrogen) atoms. The van der Waals surface area contributed by atoms with E-state index in [1.54, 1.807) is 0 Å². The number of hydrogen-bond acceptors (Lipinski definition) is 10. The van der Waals surface area contributed by atoms with Gasteiger partial charge in [0.2, 0.25) is 5.76 Å². The number of aliphatic hydroxyl groups excluding tert-OH is 4. The fourth-order valence-electron chi connectivity index (χ4n) is 0.823. The molecule has 0 aromatic heterocycles. The number of ether oxygens (including phenoxy) is 1. The summed E-state index contributed by atoms with van der Waals surface area (Å²) in [6.45, 7) is -0.671. The van der Waals surface area contributed by atoms with Crippen LogP contribution in [-0.4, -0.2) is 90.1 Å². The quantitative estimate of drug-likeness (QED) is 0.133. The van der Waals surface area contributed by atoms with Crippen LogP contribution in [0.25, 0.3) is 0 Å². The van der Waals surface area contributed by atoms with Gasteiger partial charge >= 0.3 is 52.6 Å². The molecule has 2 atom stereocenters.